The number of nitrogens with one attached hydrogen (secondary N) is 1. The van der Waals surface area contributed by atoms with Crippen molar-refractivity contribution in [3.63, 3.8) is 0 Å². The smallest absolute Gasteiger partial charge is 0.309 e. The van der Waals surface area contributed by atoms with Crippen molar-refractivity contribution in [1.29, 1.82) is 0 Å². The average Bonchev–Trinajstić information content (AvgIpc) is 2.52. The largest absolute Gasteiger partial charge is 0.469 e. The van der Waals surface area contributed by atoms with Gasteiger partial charge in [-0.25, -0.2) is 0 Å². The fourth-order valence-corrected chi connectivity index (χ4v) is 2.97. The Morgan fingerprint density at radius 1 is 1.24 bits per heavy atom. The van der Waals surface area contributed by atoms with Gasteiger partial charge in [0.15, 0.2) is 0 Å². The highest BCUT2D eigenvalue weighted by molar-refractivity contribution is 6.30. The zero-order valence-electron chi connectivity index (χ0n) is 12.1. The topological polar surface area (TPSA) is 55.4 Å². The van der Waals surface area contributed by atoms with Crippen LogP contribution in [-0.4, -0.2) is 25.5 Å². The molecule has 0 radical (unpaired) electrons. The number of esters is 1. The molecule has 1 amide bonds. The van der Waals surface area contributed by atoms with E-state index in [1.807, 2.05) is 0 Å². The fourth-order valence-electron chi connectivity index (χ4n) is 2.84. The van der Waals surface area contributed by atoms with Gasteiger partial charge in [-0.15, -0.1) is 0 Å². The van der Waals surface area contributed by atoms with Gasteiger partial charge in [0.05, 0.1) is 13.0 Å². The maximum absolute atomic E-state index is 12.1. The van der Waals surface area contributed by atoms with E-state index in [9.17, 15) is 9.59 Å². The molecule has 0 bridgehead atoms. The number of halogens is 1. The van der Waals surface area contributed by atoms with Crippen molar-refractivity contribution in [3.05, 3.63) is 34.9 Å². The van der Waals surface area contributed by atoms with Crippen LogP contribution in [0, 0.1) is 11.8 Å². The summed E-state index contributed by atoms with van der Waals surface area (Å²) in [7, 11) is 1.42. The first-order valence-corrected chi connectivity index (χ1v) is 7.61. The quantitative estimate of drug-likeness (QED) is 0.870. The van der Waals surface area contributed by atoms with Gasteiger partial charge in [-0.1, -0.05) is 24.4 Å². The van der Waals surface area contributed by atoms with Gasteiger partial charge in [0.25, 0.3) is 5.91 Å². The third-order valence-corrected chi connectivity index (χ3v) is 4.30. The van der Waals surface area contributed by atoms with Crippen LogP contribution in [0.25, 0.3) is 0 Å². The number of amides is 1. The first-order valence-electron chi connectivity index (χ1n) is 7.23. The second-order valence-corrected chi connectivity index (χ2v) is 5.83. The summed E-state index contributed by atoms with van der Waals surface area (Å²) < 4.78 is 4.86. The Morgan fingerprint density at radius 3 is 2.57 bits per heavy atom. The highest BCUT2D eigenvalue weighted by Crippen LogP contribution is 2.30. The zero-order valence-corrected chi connectivity index (χ0v) is 12.9. The minimum atomic E-state index is -0.166. The molecule has 0 aliphatic heterocycles. The molecule has 0 saturated heterocycles. The predicted octanol–water partition coefficient (Wildman–Crippen LogP) is 3.05. The van der Waals surface area contributed by atoms with Crippen molar-refractivity contribution in [2.24, 2.45) is 11.8 Å². The molecule has 4 nitrogen and oxygen atoms in total. The molecule has 2 atom stereocenters. The van der Waals surface area contributed by atoms with Gasteiger partial charge in [0, 0.05) is 17.1 Å². The summed E-state index contributed by atoms with van der Waals surface area (Å²) in [6.45, 7) is 0.501. The molecule has 1 fully saturated rings. The lowest BCUT2D eigenvalue weighted by Crippen LogP contribution is -2.37. The third-order valence-electron chi connectivity index (χ3n) is 4.04. The van der Waals surface area contributed by atoms with Gasteiger partial charge in [-0.2, -0.15) is 0 Å². The molecule has 0 heterocycles. The van der Waals surface area contributed by atoms with E-state index in [4.69, 9.17) is 16.3 Å². The summed E-state index contributed by atoms with van der Waals surface area (Å²) in [5.74, 6) is -0.252. The maximum Gasteiger partial charge on any atom is 0.309 e. The minimum absolute atomic E-state index is 0.103. The molecule has 21 heavy (non-hydrogen) atoms. The van der Waals surface area contributed by atoms with Gasteiger partial charge in [0.2, 0.25) is 0 Å². The first-order chi connectivity index (χ1) is 10.1. The summed E-state index contributed by atoms with van der Waals surface area (Å²) >= 11 is 5.80. The Morgan fingerprint density at radius 2 is 1.90 bits per heavy atom. The third kappa shape index (κ3) is 4.21. The number of carbonyl (C=O) groups excluding carboxylic acids is 2. The molecule has 1 saturated carbocycles. The van der Waals surface area contributed by atoms with E-state index in [0.29, 0.717) is 17.1 Å². The standard InChI is InChI=1S/C16H20ClNO3/c1-21-16(20)14-5-3-2-4-12(14)10-18-15(19)11-6-8-13(17)9-7-11/h6-9,12,14H,2-5,10H2,1H3,(H,18,19). The van der Waals surface area contributed by atoms with Crippen molar-refractivity contribution < 1.29 is 14.3 Å². The van der Waals surface area contributed by atoms with Gasteiger partial charge < -0.3 is 10.1 Å². The van der Waals surface area contributed by atoms with Crippen LogP contribution >= 0.6 is 11.6 Å². The highest BCUT2D eigenvalue weighted by atomic mass is 35.5. The van der Waals surface area contributed by atoms with Crippen LogP contribution < -0.4 is 5.32 Å². The number of hydrogen-bond donors (Lipinski definition) is 1. The molecular weight excluding hydrogens is 290 g/mol. The molecule has 5 heteroatoms. The number of rotatable bonds is 4. The second-order valence-electron chi connectivity index (χ2n) is 5.39. The molecule has 1 aromatic rings. The summed E-state index contributed by atoms with van der Waals surface area (Å²) in [5, 5.41) is 3.51. The molecule has 0 aromatic heterocycles. The van der Waals surface area contributed by atoms with Crippen LogP contribution in [-0.2, 0) is 9.53 Å². The lowest BCUT2D eigenvalue weighted by atomic mass is 9.79. The second kappa shape index (κ2) is 7.46. The molecule has 1 aliphatic carbocycles. The maximum atomic E-state index is 12.1. The molecule has 1 aromatic carbocycles. The number of ether oxygens (including phenoxy) is 1. The average molecular weight is 310 g/mol. The number of hydrogen-bond acceptors (Lipinski definition) is 3. The van der Waals surface area contributed by atoms with E-state index in [1.54, 1.807) is 24.3 Å². The molecule has 114 valence electrons. The number of benzene rings is 1. The van der Waals surface area contributed by atoms with E-state index in [2.05, 4.69) is 5.32 Å². The van der Waals surface area contributed by atoms with Crippen LogP contribution in [0.4, 0.5) is 0 Å². The lowest BCUT2D eigenvalue weighted by molar-refractivity contribution is -0.148. The number of methoxy groups -OCH3 is 1. The van der Waals surface area contributed by atoms with E-state index < -0.39 is 0 Å². The Balaban J connectivity index is 1.92. The minimum Gasteiger partial charge on any atom is -0.469 e. The van der Waals surface area contributed by atoms with Crippen LogP contribution in [0.2, 0.25) is 5.02 Å². The van der Waals surface area contributed by atoms with Crippen molar-refractivity contribution in [2.45, 2.75) is 25.7 Å². The van der Waals surface area contributed by atoms with Gasteiger partial charge in [0.1, 0.15) is 0 Å². The van der Waals surface area contributed by atoms with Gasteiger partial charge in [-0.05, 0) is 43.0 Å². The van der Waals surface area contributed by atoms with E-state index >= 15 is 0 Å². The van der Waals surface area contributed by atoms with Gasteiger partial charge >= 0.3 is 5.97 Å². The molecule has 1 aliphatic rings. The first kappa shape index (κ1) is 15.8. The monoisotopic (exact) mass is 309 g/mol. The van der Waals surface area contributed by atoms with Crippen LogP contribution in [0.5, 0.6) is 0 Å². The van der Waals surface area contributed by atoms with E-state index in [-0.39, 0.29) is 23.7 Å². The SMILES string of the molecule is COC(=O)C1CCCCC1CNC(=O)c1ccc(Cl)cc1. The van der Waals surface area contributed by atoms with E-state index in [0.717, 1.165) is 25.7 Å². The Hall–Kier alpha value is -1.55. The van der Waals surface area contributed by atoms with Crippen molar-refractivity contribution in [2.75, 3.05) is 13.7 Å². The summed E-state index contributed by atoms with van der Waals surface area (Å²) in [4.78, 5) is 23.9. The Labute approximate surface area is 129 Å². The summed E-state index contributed by atoms with van der Waals surface area (Å²) in [6.07, 6.45) is 3.92. The fraction of sp³-hybridized carbons (Fsp3) is 0.500. The zero-order chi connectivity index (χ0) is 15.2. The molecular formula is C16H20ClNO3. The van der Waals surface area contributed by atoms with Crippen molar-refractivity contribution in [1.82, 2.24) is 5.32 Å². The van der Waals surface area contributed by atoms with Gasteiger partial charge in [-0.3, -0.25) is 9.59 Å². The predicted molar refractivity (Wildman–Crippen MR) is 81.2 cm³/mol. The summed E-state index contributed by atoms with van der Waals surface area (Å²) in [6, 6.07) is 6.76. The summed E-state index contributed by atoms with van der Waals surface area (Å²) in [5.41, 5.74) is 0.574. The molecule has 2 rings (SSSR count). The van der Waals surface area contributed by atoms with Crippen LogP contribution in [0.3, 0.4) is 0 Å². The highest BCUT2D eigenvalue weighted by Gasteiger charge is 2.31. The van der Waals surface area contributed by atoms with Crippen molar-refractivity contribution >= 4 is 23.5 Å². The normalized spacial score (nSPS) is 21.6. The number of carbonyl (C=O) groups is 2. The lowest BCUT2D eigenvalue weighted by Gasteiger charge is -2.29. The van der Waals surface area contributed by atoms with Crippen LogP contribution in [0.15, 0.2) is 24.3 Å². The Bertz CT molecular complexity index is 501. The van der Waals surface area contributed by atoms with E-state index in [1.165, 1.54) is 7.11 Å². The van der Waals surface area contributed by atoms with Crippen molar-refractivity contribution in [3.8, 4) is 0 Å². The molecule has 0 spiro atoms. The Kier molecular flexibility index (Phi) is 5.62. The molecule has 1 N–H and O–H groups in total. The van der Waals surface area contributed by atoms with Crippen LogP contribution in [0.1, 0.15) is 36.0 Å². The molecule has 2 unspecified atom stereocenters.